The molecule has 2 atom stereocenters. The number of rotatable bonds is 1. The Morgan fingerprint density at radius 2 is 2.36 bits per heavy atom. The Kier molecular flexibility index (Phi) is 3.37. The summed E-state index contributed by atoms with van der Waals surface area (Å²) in [5, 5.41) is 6.80. The zero-order valence-corrected chi connectivity index (χ0v) is 8.64. The topological polar surface area (TPSA) is 24.4 Å². The fourth-order valence-corrected chi connectivity index (χ4v) is 2.10. The molecule has 76 valence electrons. The molecule has 4 heteroatoms. The molecule has 1 fully saturated rings. The van der Waals surface area contributed by atoms with Crippen LogP contribution in [0.15, 0.2) is 28.1 Å². The molecule has 2 aliphatic heterocycles. The van der Waals surface area contributed by atoms with Gasteiger partial charge in [-0.25, -0.2) is 4.39 Å². The minimum Gasteiger partial charge on any atom is -0.287 e. The Morgan fingerprint density at radius 3 is 3.14 bits per heavy atom. The average Bonchev–Trinajstić information content (AvgIpc) is 2.47. The van der Waals surface area contributed by atoms with Gasteiger partial charge in [0, 0.05) is 24.4 Å². The summed E-state index contributed by atoms with van der Waals surface area (Å²) < 4.78 is 12.8. The largest absolute Gasteiger partial charge is 0.287 e. The Balaban J connectivity index is 2.00. The van der Waals surface area contributed by atoms with E-state index in [0.717, 1.165) is 12.1 Å². The minimum absolute atomic E-state index is 0.363. The van der Waals surface area contributed by atoms with E-state index < -0.39 is 6.30 Å². The zero-order valence-electron chi connectivity index (χ0n) is 7.82. The van der Waals surface area contributed by atoms with Crippen LogP contribution in [0.2, 0.25) is 0 Å². The highest BCUT2D eigenvalue weighted by atomic mass is 32.2. The van der Waals surface area contributed by atoms with Gasteiger partial charge in [0.2, 0.25) is 0 Å². The molecular formula is C10H13FN2S. The molecule has 2 unspecified atom stereocenters. The number of nitrogens with one attached hydrogen (secondary N) is 1. The van der Waals surface area contributed by atoms with E-state index >= 15 is 0 Å². The first kappa shape index (κ1) is 9.93. The Hall–Kier alpha value is -0.610. The summed E-state index contributed by atoms with van der Waals surface area (Å²) in [6.07, 6.45) is 4.48. The molecule has 0 amide bonds. The molecule has 1 N–H and O–H groups in total. The van der Waals surface area contributed by atoms with Crippen molar-refractivity contribution in [3.63, 3.8) is 0 Å². The first-order chi connectivity index (χ1) is 6.86. The maximum absolute atomic E-state index is 12.8. The molecule has 2 nitrogen and oxygen atoms in total. The molecule has 0 radical (unpaired) electrons. The van der Waals surface area contributed by atoms with Gasteiger partial charge in [-0.3, -0.25) is 10.3 Å². The van der Waals surface area contributed by atoms with Gasteiger partial charge in [-0.05, 0) is 29.7 Å². The highest BCUT2D eigenvalue weighted by Crippen LogP contribution is 2.19. The van der Waals surface area contributed by atoms with Crippen molar-refractivity contribution in [1.82, 2.24) is 5.32 Å². The van der Waals surface area contributed by atoms with Crippen LogP contribution in [-0.2, 0) is 0 Å². The molecule has 2 aliphatic rings. The lowest BCUT2D eigenvalue weighted by atomic mass is 9.94. The molecule has 0 aromatic carbocycles. The Morgan fingerprint density at radius 1 is 1.43 bits per heavy atom. The number of aliphatic imine (C=N–C) groups is 1. The normalized spacial score (nSPS) is 32.5. The summed E-state index contributed by atoms with van der Waals surface area (Å²) in [5.74, 6) is 0.363. The monoisotopic (exact) mass is 212 g/mol. The predicted molar refractivity (Wildman–Crippen MR) is 58.9 cm³/mol. The van der Waals surface area contributed by atoms with E-state index in [1.165, 1.54) is 0 Å². The van der Waals surface area contributed by atoms with Crippen LogP contribution in [0.4, 0.5) is 4.39 Å². The Labute approximate surface area is 87.4 Å². The van der Waals surface area contributed by atoms with Gasteiger partial charge in [-0.15, -0.1) is 11.8 Å². The van der Waals surface area contributed by atoms with Crippen molar-refractivity contribution in [3.05, 3.63) is 23.1 Å². The SMILES string of the molecule is FC1CCC(C2=NC=CSC=C2)CN1. The van der Waals surface area contributed by atoms with Crippen LogP contribution in [-0.4, -0.2) is 18.6 Å². The van der Waals surface area contributed by atoms with Gasteiger partial charge >= 0.3 is 0 Å². The predicted octanol–water partition coefficient (Wildman–Crippen LogP) is 2.45. The first-order valence-corrected chi connectivity index (χ1v) is 5.73. The van der Waals surface area contributed by atoms with E-state index in [1.54, 1.807) is 11.8 Å². The standard InChI is InChI=1S/C10H13FN2S/c11-10-2-1-8(7-13-10)9-3-5-14-6-4-12-9/h3-6,8,10,13H,1-2,7H2. The van der Waals surface area contributed by atoms with Crippen molar-refractivity contribution in [2.45, 2.75) is 19.1 Å². The molecule has 0 aliphatic carbocycles. The lowest BCUT2D eigenvalue weighted by Gasteiger charge is -2.25. The third kappa shape index (κ3) is 2.45. The molecule has 14 heavy (non-hydrogen) atoms. The van der Waals surface area contributed by atoms with Crippen LogP contribution < -0.4 is 5.32 Å². The maximum atomic E-state index is 12.8. The number of hydrogen-bond acceptors (Lipinski definition) is 3. The molecule has 2 rings (SSSR count). The molecule has 0 bridgehead atoms. The quantitative estimate of drug-likeness (QED) is 0.675. The van der Waals surface area contributed by atoms with Gasteiger partial charge in [-0.2, -0.15) is 0 Å². The summed E-state index contributed by atoms with van der Waals surface area (Å²) in [6.45, 7) is 0.697. The summed E-state index contributed by atoms with van der Waals surface area (Å²) in [5.41, 5.74) is 1.06. The third-order valence-electron chi connectivity index (χ3n) is 2.45. The Bertz CT molecular complexity index is 278. The number of hydrogen-bond donors (Lipinski definition) is 1. The van der Waals surface area contributed by atoms with Crippen molar-refractivity contribution in [3.8, 4) is 0 Å². The van der Waals surface area contributed by atoms with Gasteiger partial charge in [0.25, 0.3) is 0 Å². The number of alkyl halides is 1. The van der Waals surface area contributed by atoms with Crippen molar-refractivity contribution < 1.29 is 4.39 Å². The number of nitrogens with zero attached hydrogens (tertiary/aromatic N) is 1. The van der Waals surface area contributed by atoms with Crippen molar-refractivity contribution in [2.24, 2.45) is 10.9 Å². The van der Waals surface area contributed by atoms with E-state index in [2.05, 4.69) is 10.3 Å². The molecular weight excluding hydrogens is 199 g/mol. The fraction of sp³-hybridized carbons (Fsp3) is 0.500. The van der Waals surface area contributed by atoms with Crippen LogP contribution in [0.25, 0.3) is 0 Å². The molecule has 2 heterocycles. The third-order valence-corrected chi connectivity index (χ3v) is 3.03. The summed E-state index contributed by atoms with van der Waals surface area (Å²) >= 11 is 1.61. The molecule has 0 saturated carbocycles. The van der Waals surface area contributed by atoms with Crippen molar-refractivity contribution >= 4 is 17.5 Å². The highest BCUT2D eigenvalue weighted by Gasteiger charge is 2.22. The second-order valence-corrected chi connectivity index (χ2v) is 4.24. The average molecular weight is 212 g/mol. The van der Waals surface area contributed by atoms with E-state index in [4.69, 9.17) is 0 Å². The fourth-order valence-electron chi connectivity index (χ4n) is 1.66. The molecule has 0 aromatic rings. The highest BCUT2D eigenvalue weighted by molar-refractivity contribution is 8.04. The van der Waals surface area contributed by atoms with Crippen LogP contribution in [0.3, 0.4) is 0 Å². The van der Waals surface area contributed by atoms with Crippen LogP contribution >= 0.6 is 11.8 Å². The van der Waals surface area contributed by atoms with Gasteiger partial charge in [0.05, 0.1) is 0 Å². The maximum Gasteiger partial charge on any atom is 0.151 e. The van der Waals surface area contributed by atoms with Gasteiger partial charge in [0.15, 0.2) is 6.30 Å². The molecule has 0 aromatic heterocycles. The zero-order chi connectivity index (χ0) is 9.80. The van der Waals surface area contributed by atoms with Gasteiger partial charge < -0.3 is 0 Å². The number of allylic oxidation sites excluding steroid dienone is 1. The van der Waals surface area contributed by atoms with Crippen LogP contribution in [0, 0.1) is 5.92 Å². The molecule has 0 spiro atoms. The minimum atomic E-state index is -0.827. The van der Waals surface area contributed by atoms with E-state index in [9.17, 15) is 4.39 Å². The summed E-state index contributed by atoms with van der Waals surface area (Å²) in [4.78, 5) is 4.34. The second-order valence-electron chi connectivity index (χ2n) is 3.43. The van der Waals surface area contributed by atoms with Crippen LogP contribution in [0.1, 0.15) is 12.8 Å². The lowest BCUT2D eigenvalue weighted by molar-refractivity contribution is 0.207. The number of halogens is 1. The van der Waals surface area contributed by atoms with E-state index in [1.807, 2.05) is 23.1 Å². The summed E-state index contributed by atoms with van der Waals surface area (Å²) in [6, 6.07) is 0. The lowest BCUT2D eigenvalue weighted by Crippen LogP contribution is -2.38. The summed E-state index contributed by atoms with van der Waals surface area (Å²) in [7, 11) is 0. The second kappa shape index (κ2) is 4.75. The van der Waals surface area contributed by atoms with Gasteiger partial charge in [-0.1, -0.05) is 0 Å². The first-order valence-electron chi connectivity index (χ1n) is 4.78. The van der Waals surface area contributed by atoms with Gasteiger partial charge in [0.1, 0.15) is 0 Å². The number of thioether (sulfide) groups is 1. The van der Waals surface area contributed by atoms with Crippen molar-refractivity contribution in [1.29, 1.82) is 0 Å². The number of piperidine rings is 1. The van der Waals surface area contributed by atoms with E-state index in [0.29, 0.717) is 18.9 Å². The smallest absolute Gasteiger partial charge is 0.151 e. The van der Waals surface area contributed by atoms with E-state index in [-0.39, 0.29) is 0 Å². The van der Waals surface area contributed by atoms with Crippen molar-refractivity contribution in [2.75, 3.05) is 6.54 Å². The van der Waals surface area contributed by atoms with Crippen LogP contribution in [0.5, 0.6) is 0 Å². The molecule has 1 saturated heterocycles.